The van der Waals surface area contributed by atoms with Gasteiger partial charge in [-0.05, 0) is 83.2 Å². The van der Waals surface area contributed by atoms with Crippen molar-refractivity contribution in [3.8, 4) is 11.8 Å². The molecule has 2 aromatic rings. The maximum atomic E-state index is 15.1. The number of thiocarbonyl (C=S) groups is 1. The summed E-state index contributed by atoms with van der Waals surface area (Å²) >= 11 is 5.50. The number of alkyl halides is 3. The van der Waals surface area contributed by atoms with Crippen LogP contribution in [-0.4, -0.2) is 60.8 Å². The van der Waals surface area contributed by atoms with Crippen LogP contribution in [-0.2, 0) is 20.5 Å². The molecule has 2 aliphatic rings. The molecular formula is C29H30F4N4O4S. The number of amides is 1. The summed E-state index contributed by atoms with van der Waals surface area (Å²) in [4.78, 5) is 29.8. The number of anilines is 2. The predicted molar refractivity (Wildman–Crippen MR) is 150 cm³/mol. The lowest BCUT2D eigenvalue weighted by Crippen LogP contribution is -2.44. The van der Waals surface area contributed by atoms with E-state index in [2.05, 4.69) is 0 Å². The number of hydrogen-bond donors (Lipinski definition) is 0. The number of rotatable bonds is 10. The quantitative estimate of drug-likeness (QED) is 0.205. The van der Waals surface area contributed by atoms with E-state index in [1.54, 1.807) is 6.92 Å². The summed E-state index contributed by atoms with van der Waals surface area (Å²) in [6.07, 6.45) is -3.30. The molecule has 0 bridgehead atoms. The number of carbonyl (C=O) groups excluding carboxylic acids is 2. The van der Waals surface area contributed by atoms with Crippen LogP contribution in [0, 0.1) is 22.6 Å². The van der Waals surface area contributed by atoms with Gasteiger partial charge in [0.25, 0.3) is 5.91 Å². The number of esters is 1. The van der Waals surface area contributed by atoms with E-state index in [9.17, 15) is 22.8 Å². The Morgan fingerprint density at radius 3 is 2.40 bits per heavy atom. The molecule has 0 aromatic heterocycles. The van der Waals surface area contributed by atoms with Crippen LogP contribution in [0.5, 0.6) is 5.75 Å². The van der Waals surface area contributed by atoms with Crippen LogP contribution in [0.25, 0.3) is 0 Å². The van der Waals surface area contributed by atoms with E-state index in [0.29, 0.717) is 25.8 Å². The molecule has 0 spiro atoms. The molecule has 224 valence electrons. The summed E-state index contributed by atoms with van der Waals surface area (Å²) in [6.45, 7) is 6.22. The van der Waals surface area contributed by atoms with Crippen LogP contribution in [0.15, 0.2) is 36.4 Å². The van der Waals surface area contributed by atoms with Crippen molar-refractivity contribution in [3.63, 3.8) is 0 Å². The minimum Gasteiger partial charge on any atom is -0.489 e. The Hall–Kier alpha value is -3.76. The van der Waals surface area contributed by atoms with Crippen LogP contribution in [0.1, 0.15) is 44.7 Å². The van der Waals surface area contributed by atoms with Gasteiger partial charge in [-0.3, -0.25) is 14.5 Å². The van der Waals surface area contributed by atoms with Crippen molar-refractivity contribution in [3.05, 3.63) is 53.3 Å². The molecule has 1 aliphatic carbocycles. The summed E-state index contributed by atoms with van der Waals surface area (Å²) in [7, 11) is 1.84. The fourth-order valence-corrected chi connectivity index (χ4v) is 5.50. The molecule has 0 unspecified atom stereocenters. The lowest BCUT2D eigenvalue weighted by Gasteiger charge is -2.29. The van der Waals surface area contributed by atoms with Gasteiger partial charge in [-0.1, -0.05) is 0 Å². The van der Waals surface area contributed by atoms with Gasteiger partial charge in [0.2, 0.25) is 0 Å². The highest BCUT2D eigenvalue weighted by molar-refractivity contribution is 7.81. The normalized spacial score (nSPS) is 17.4. The SMILES string of the molecule is CCOC(=O)C1(CN(C)CCOc2ccc(N3C(=S)N(c4ccc(C#N)c(C(F)(F)F)c4)C(=O)C3(C)C)cc2F)CC1. The van der Waals surface area contributed by atoms with Gasteiger partial charge >= 0.3 is 12.1 Å². The van der Waals surface area contributed by atoms with Crippen LogP contribution in [0.2, 0.25) is 0 Å². The Balaban J connectivity index is 1.47. The molecule has 0 N–H and O–H groups in total. The summed E-state index contributed by atoms with van der Waals surface area (Å²) in [5.41, 5.74) is -3.59. The predicted octanol–water partition coefficient (Wildman–Crippen LogP) is 5.29. The number of carbonyl (C=O) groups is 2. The highest BCUT2D eigenvalue weighted by atomic mass is 32.1. The number of nitrogens with zero attached hydrogens (tertiary/aromatic N) is 4. The van der Waals surface area contributed by atoms with Gasteiger partial charge in [0.05, 0.1) is 34.9 Å². The minimum atomic E-state index is -4.82. The number of benzene rings is 2. The monoisotopic (exact) mass is 606 g/mol. The highest BCUT2D eigenvalue weighted by Crippen LogP contribution is 2.47. The molecule has 1 amide bonds. The van der Waals surface area contributed by atoms with Crippen molar-refractivity contribution < 1.29 is 36.6 Å². The summed E-state index contributed by atoms with van der Waals surface area (Å²) in [5.74, 6) is -1.58. The van der Waals surface area contributed by atoms with E-state index in [4.69, 9.17) is 27.0 Å². The zero-order valence-corrected chi connectivity index (χ0v) is 24.4. The van der Waals surface area contributed by atoms with E-state index in [1.807, 2.05) is 11.9 Å². The largest absolute Gasteiger partial charge is 0.489 e. The lowest BCUT2D eigenvalue weighted by molar-refractivity contribution is -0.150. The van der Waals surface area contributed by atoms with E-state index < -0.39 is 40.0 Å². The second-order valence-electron chi connectivity index (χ2n) is 10.9. The Morgan fingerprint density at radius 2 is 1.83 bits per heavy atom. The molecule has 42 heavy (non-hydrogen) atoms. The molecule has 2 fully saturated rings. The van der Waals surface area contributed by atoms with E-state index in [0.717, 1.165) is 29.9 Å². The lowest BCUT2D eigenvalue weighted by atomic mass is 10.0. The standard InChI is InChI=1S/C29H30F4N4O4S/c1-5-40-25(39)28(10-11-28)17-35(4)12-13-41-23-9-8-20(15-22(23)30)37-26(42)36(24(38)27(37,2)3)19-7-6-18(16-34)21(14-19)29(31,32)33/h6-9,14-15H,5,10-13,17H2,1-4H3. The fourth-order valence-electron chi connectivity index (χ4n) is 4.97. The zero-order chi connectivity index (χ0) is 31.0. The summed E-state index contributed by atoms with van der Waals surface area (Å²) in [5, 5.41) is 8.96. The van der Waals surface area contributed by atoms with E-state index in [-0.39, 0.29) is 34.8 Å². The van der Waals surface area contributed by atoms with Crippen molar-refractivity contribution in [1.82, 2.24) is 4.90 Å². The number of ether oxygens (including phenoxy) is 2. The molecule has 1 saturated heterocycles. The van der Waals surface area contributed by atoms with E-state index in [1.165, 1.54) is 43.0 Å². The van der Waals surface area contributed by atoms with E-state index >= 15 is 4.39 Å². The second-order valence-corrected chi connectivity index (χ2v) is 11.2. The second kappa shape index (κ2) is 11.5. The first-order valence-electron chi connectivity index (χ1n) is 13.2. The summed E-state index contributed by atoms with van der Waals surface area (Å²) < 4.78 is 66.6. The van der Waals surface area contributed by atoms with Crippen LogP contribution in [0.4, 0.5) is 28.9 Å². The molecule has 1 aliphatic heterocycles. The number of hydrogen-bond acceptors (Lipinski definition) is 7. The third-order valence-electron chi connectivity index (χ3n) is 7.39. The number of nitriles is 1. The molecule has 8 nitrogen and oxygen atoms in total. The molecule has 2 aromatic carbocycles. The van der Waals surface area contributed by atoms with Crippen molar-refractivity contribution in [2.24, 2.45) is 5.41 Å². The van der Waals surface area contributed by atoms with Crippen molar-refractivity contribution >= 4 is 40.6 Å². The van der Waals surface area contributed by atoms with Gasteiger partial charge in [0, 0.05) is 24.8 Å². The third-order valence-corrected chi connectivity index (χ3v) is 7.76. The fraction of sp³-hybridized carbons (Fsp3) is 0.448. The molecular weight excluding hydrogens is 576 g/mol. The van der Waals surface area contributed by atoms with Gasteiger partial charge in [0.1, 0.15) is 12.1 Å². The first kappa shape index (κ1) is 31.2. The molecule has 0 atom stereocenters. The molecule has 1 saturated carbocycles. The Bertz CT molecular complexity index is 1450. The smallest absolute Gasteiger partial charge is 0.417 e. The van der Waals surface area contributed by atoms with Crippen molar-refractivity contribution in [2.75, 3.05) is 43.2 Å². The maximum absolute atomic E-state index is 15.1. The average molecular weight is 607 g/mol. The van der Waals surface area contributed by atoms with Gasteiger partial charge in [0.15, 0.2) is 16.7 Å². The minimum absolute atomic E-state index is 0.0355. The highest BCUT2D eigenvalue weighted by Gasteiger charge is 2.52. The van der Waals surface area contributed by atoms with Gasteiger partial charge < -0.3 is 19.3 Å². The molecule has 0 radical (unpaired) electrons. The van der Waals surface area contributed by atoms with Crippen LogP contribution < -0.4 is 14.5 Å². The van der Waals surface area contributed by atoms with Gasteiger partial charge in [-0.2, -0.15) is 18.4 Å². The number of halogens is 4. The maximum Gasteiger partial charge on any atom is 0.417 e. The van der Waals surface area contributed by atoms with Crippen molar-refractivity contribution in [1.29, 1.82) is 5.26 Å². The molecule has 4 rings (SSSR count). The topological polar surface area (TPSA) is 86.1 Å². The first-order valence-corrected chi connectivity index (χ1v) is 13.7. The summed E-state index contributed by atoms with van der Waals surface area (Å²) in [6, 6.07) is 8.44. The van der Waals surface area contributed by atoms with Crippen molar-refractivity contribution in [2.45, 2.75) is 45.3 Å². The van der Waals surface area contributed by atoms with Gasteiger partial charge in [-0.15, -0.1) is 0 Å². The Kier molecular flexibility index (Phi) is 8.53. The van der Waals surface area contributed by atoms with Crippen LogP contribution in [0.3, 0.4) is 0 Å². The Labute approximate surface area is 246 Å². The third kappa shape index (κ3) is 5.91. The van der Waals surface area contributed by atoms with Gasteiger partial charge in [-0.25, -0.2) is 4.39 Å². The number of likely N-dealkylation sites (N-methyl/N-ethyl adjacent to an activating group) is 1. The average Bonchev–Trinajstić information content (AvgIpc) is 3.66. The molecule has 13 heteroatoms. The Morgan fingerprint density at radius 1 is 1.17 bits per heavy atom. The molecule has 1 heterocycles. The van der Waals surface area contributed by atoms with Crippen LogP contribution >= 0.6 is 12.2 Å². The first-order chi connectivity index (χ1) is 19.7. The zero-order valence-electron chi connectivity index (χ0n) is 23.5.